The molecule has 5 aromatic carbocycles. The van der Waals surface area contributed by atoms with Crippen molar-refractivity contribution in [2.24, 2.45) is 17.8 Å². The van der Waals surface area contributed by atoms with Crippen LogP contribution < -0.4 is 0 Å². The van der Waals surface area contributed by atoms with E-state index in [0.29, 0.717) is 34.3 Å². The highest BCUT2D eigenvalue weighted by atomic mass is 15.0. The summed E-state index contributed by atoms with van der Waals surface area (Å²) >= 11 is 0. The first-order valence-corrected chi connectivity index (χ1v) is 17.6. The number of hydrogen-bond donors (Lipinski definition) is 0. The number of benzene rings is 5. The lowest BCUT2D eigenvalue weighted by molar-refractivity contribution is -0.00518. The van der Waals surface area contributed by atoms with Gasteiger partial charge in [0.05, 0.1) is 13.1 Å². The standard InChI is InChI=1S/C45H35N5/c1-46-40-17-11-32(12-18-40)35-5-3-7-37(24-35)43-48-42(34-9-15-39(16-10-34)45-26-29-21-30(27-45)23-31(22-29)28-45)49-44(50-43)38-8-4-6-36(25-38)33-13-19-41(47-2)20-14-33/h3-20,24-25,29-31H,21-23,26-28H2. The molecule has 4 aliphatic rings. The molecular formula is C45H35N5. The van der Waals surface area contributed by atoms with Crippen molar-refractivity contribution < 1.29 is 0 Å². The maximum atomic E-state index is 7.32. The van der Waals surface area contributed by atoms with Gasteiger partial charge in [-0.1, -0.05) is 109 Å². The highest BCUT2D eigenvalue weighted by molar-refractivity contribution is 5.75. The molecule has 6 aromatic rings. The minimum atomic E-state index is 0.337. The molecule has 4 aliphatic carbocycles. The Morgan fingerprint density at radius 3 is 1.24 bits per heavy atom. The molecule has 0 aliphatic heterocycles. The van der Waals surface area contributed by atoms with Crippen molar-refractivity contribution in [3.63, 3.8) is 0 Å². The highest BCUT2D eigenvalue weighted by Gasteiger charge is 2.51. The summed E-state index contributed by atoms with van der Waals surface area (Å²) in [5.74, 6) is 4.58. The van der Waals surface area contributed by atoms with E-state index in [-0.39, 0.29) is 0 Å². The van der Waals surface area contributed by atoms with Gasteiger partial charge in [-0.25, -0.2) is 24.6 Å². The van der Waals surface area contributed by atoms with Crippen LogP contribution in [-0.2, 0) is 5.41 Å². The molecule has 4 fully saturated rings. The van der Waals surface area contributed by atoms with Crippen LogP contribution in [0.5, 0.6) is 0 Å². The molecule has 0 amide bonds. The van der Waals surface area contributed by atoms with E-state index in [1.54, 1.807) is 0 Å². The molecule has 0 saturated heterocycles. The molecule has 1 aromatic heterocycles. The first-order valence-electron chi connectivity index (χ1n) is 17.6. The first-order chi connectivity index (χ1) is 24.5. The maximum Gasteiger partial charge on any atom is 0.187 e. The maximum absolute atomic E-state index is 7.32. The summed E-state index contributed by atoms with van der Waals surface area (Å²) in [5, 5.41) is 0. The zero-order valence-electron chi connectivity index (χ0n) is 27.8. The Morgan fingerprint density at radius 2 is 0.820 bits per heavy atom. The molecule has 0 N–H and O–H groups in total. The van der Waals surface area contributed by atoms with Crippen molar-refractivity contribution in [3.05, 3.63) is 150 Å². The summed E-state index contributed by atoms with van der Waals surface area (Å²) in [6, 6.07) is 41.0. The molecule has 240 valence electrons. The molecule has 50 heavy (non-hydrogen) atoms. The van der Waals surface area contributed by atoms with Gasteiger partial charge in [0.15, 0.2) is 28.8 Å². The van der Waals surface area contributed by atoms with Crippen molar-refractivity contribution >= 4 is 11.4 Å². The molecule has 0 unspecified atom stereocenters. The fourth-order valence-corrected chi connectivity index (χ4v) is 9.33. The number of rotatable bonds is 6. The van der Waals surface area contributed by atoms with E-state index in [1.807, 2.05) is 72.8 Å². The molecule has 5 nitrogen and oxygen atoms in total. The SMILES string of the molecule is [C-]#[N+]c1ccc(-c2cccc(-c3nc(-c4ccc(C56CC7CC(CC(C7)C5)C6)cc4)nc(-c4cccc(-c5ccc([N+]#[C-])cc5)c4)n3)c2)cc1. The zero-order chi connectivity index (χ0) is 33.7. The van der Waals surface area contributed by atoms with Crippen LogP contribution in [0.1, 0.15) is 44.1 Å². The van der Waals surface area contributed by atoms with Crippen LogP contribution in [0.4, 0.5) is 11.4 Å². The van der Waals surface area contributed by atoms with Gasteiger partial charge in [-0.05, 0) is 102 Å². The van der Waals surface area contributed by atoms with Crippen LogP contribution in [-0.4, -0.2) is 15.0 Å². The minimum Gasteiger partial charge on any atom is -0.238 e. The number of aromatic nitrogens is 3. The average Bonchev–Trinajstić information content (AvgIpc) is 3.17. The van der Waals surface area contributed by atoms with Gasteiger partial charge in [-0.15, -0.1) is 0 Å². The Kier molecular flexibility index (Phi) is 7.36. The molecule has 0 radical (unpaired) electrons. The molecule has 10 rings (SSSR count). The molecule has 0 atom stereocenters. The van der Waals surface area contributed by atoms with Gasteiger partial charge in [0.25, 0.3) is 0 Å². The van der Waals surface area contributed by atoms with Gasteiger partial charge >= 0.3 is 0 Å². The summed E-state index contributed by atoms with van der Waals surface area (Å²) in [6.07, 6.45) is 8.34. The van der Waals surface area contributed by atoms with Gasteiger partial charge < -0.3 is 0 Å². The fourth-order valence-electron chi connectivity index (χ4n) is 9.33. The second kappa shape index (κ2) is 12.2. The Hall–Kier alpha value is -5.91. The third-order valence-electron chi connectivity index (χ3n) is 11.3. The van der Waals surface area contributed by atoms with Crippen molar-refractivity contribution in [2.75, 3.05) is 0 Å². The molecule has 4 bridgehead atoms. The van der Waals surface area contributed by atoms with Crippen molar-refractivity contribution in [1.29, 1.82) is 0 Å². The summed E-state index contributed by atoms with van der Waals surface area (Å²) in [7, 11) is 0. The predicted octanol–water partition coefficient (Wildman–Crippen LogP) is 11.8. The lowest BCUT2D eigenvalue weighted by Gasteiger charge is -2.57. The van der Waals surface area contributed by atoms with Crippen molar-refractivity contribution in [1.82, 2.24) is 15.0 Å². The summed E-state index contributed by atoms with van der Waals surface area (Å²) in [6.45, 7) is 14.6. The van der Waals surface area contributed by atoms with Gasteiger partial charge in [0.2, 0.25) is 0 Å². The van der Waals surface area contributed by atoms with Crippen LogP contribution in [0, 0.1) is 30.9 Å². The Morgan fingerprint density at radius 1 is 0.440 bits per heavy atom. The van der Waals surface area contributed by atoms with Gasteiger partial charge in [0.1, 0.15) is 0 Å². The molecule has 5 heteroatoms. The van der Waals surface area contributed by atoms with E-state index >= 15 is 0 Å². The molecule has 1 heterocycles. The molecule has 0 spiro atoms. The van der Waals surface area contributed by atoms with Gasteiger partial charge in [-0.3, -0.25) is 0 Å². The second-order valence-electron chi connectivity index (χ2n) is 14.6. The average molecular weight is 646 g/mol. The van der Waals surface area contributed by atoms with Crippen LogP contribution in [0.15, 0.2) is 121 Å². The first kappa shape index (κ1) is 30.2. The normalized spacial score (nSPS) is 21.8. The van der Waals surface area contributed by atoms with Crippen molar-refractivity contribution in [2.45, 2.75) is 43.9 Å². The van der Waals surface area contributed by atoms with E-state index < -0.39 is 0 Å². The van der Waals surface area contributed by atoms with E-state index in [0.717, 1.165) is 56.7 Å². The highest BCUT2D eigenvalue weighted by Crippen LogP contribution is 2.60. The lowest BCUT2D eigenvalue weighted by atomic mass is 9.48. The van der Waals surface area contributed by atoms with Crippen LogP contribution >= 0.6 is 0 Å². The quantitative estimate of drug-likeness (QED) is 0.169. The zero-order valence-corrected chi connectivity index (χ0v) is 27.8. The summed E-state index contributed by atoms with van der Waals surface area (Å²) < 4.78 is 0. The monoisotopic (exact) mass is 645 g/mol. The predicted molar refractivity (Wildman–Crippen MR) is 199 cm³/mol. The lowest BCUT2D eigenvalue weighted by Crippen LogP contribution is -2.48. The Bertz CT molecular complexity index is 2150. The number of nitrogens with zero attached hydrogens (tertiary/aromatic N) is 5. The van der Waals surface area contributed by atoms with Crippen molar-refractivity contribution in [3.8, 4) is 56.4 Å². The minimum absolute atomic E-state index is 0.337. The summed E-state index contributed by atoms with van der Waals surface area (Å²) in [5.41, 5.74) is 9.99. The summed E-state index contributed by atoms with van der Waals surface area (Å²) in [4.78, 5) is 22.3. The van der Waals surface area contributed by atoms with E-state index in [2.05, 4.69) is 58.2 Å². The van der Waals surface area contributed by atoms with Crippen LogP contribution in [0.25, 0.3) is 66.1 Å². The third kappa shape index (κ3) is 5.56. The van der Waals surface area contributed by atoms with E-state index in [4.69, 9.17) is 28.1 Å². The fraction of sp³-hybridized carbons (Fsp3) is 0.222. The number of hydrogen-bond acceptors (Lipinski definition) is 3. The largest absolute Gasteiger partial charge is 0.238 e. The molecular weight excluding hydrogens is 611 g/mol. The van der Waals surface area contributed by atoms with E-state index in [9.17, 15) is 0 Å². The third-order valence-corrected chi connectivity index (χ3v) is 11.3. The van der Waals surface area contributed by atoms with E-state index in [1.165, 1.54) is 44.1 Å². The van der Waals surface area contributed by atoms with Crippen LogP contribution in [0.3, 0.4) is 0 Å². The second-order valence-corrected chi connectivity index (χ2v) is 14.6. The van der Waals surface area contributed by atoms with Crippen LogP contribution in [0.2, 0.25) is 0 Å². The molecule has 4 saturated carbocycles. The van der Waals surface area contributed by atoms with Gasteiger partial charge in [-0.2, -0.15) is 0 Å². The Labute approximate surface area is 293 Å². The smallest absolute Gasteiger partial charge is 0.187 e. The topological polar surface area (TPSA) is 47.4 Å². The Balaban J connectivity index is 1.12. The van der Waals surface area contributed by atoms with Gasteiger partial charge in [0, 0.05) is 16.7 Å².